The molecule has 0 radical (unpaired) electrons. The number of rotatable bonds is 6. The number of nitrogens with two attached hydrogens (primary N) is 1. The molecule has 0 bridgehead atoms. The van der Waals surface area contributed by atoms with Gasteiger partial charge < -0.3 is 10.6 Å². The maximum atomic E-state index is 13.6. The lowest BCUT2D eigenvalue weighted by Crippen LogP contribution is -2.41. The highest BCUT2D eigenvalue weighted by molar-refractivity contribution is 7.12. The molecule has 3 aromatic rings. The van der Waals surface area contributed by atoms with Gasteiger partial charge in [0, 0.05) is 6.54 Å². The van der Waals surface area contributed by atoms with Crippen molar-refractivity contribution in [3.05, 3.63) is 93.9 Å². The van der Waals surface area contributed by atoms with E-state index >= 15 is 0 Å². The average Bonchev–Trinajstić information content (AvgIpc) is 3.16. The molecular weight excluding hydrogens is 351 g/mol. The molecule has 0 saturated heterocycles. The summed E-state index contributed by atoms with van der Waals surface area (Å²) in [6.07, 6.45) is 0. The molecule has 4 nitrogen and oxygen atoms in total. The fourth-order valence-electron chi connectivity index (χ4n) is 2.79. The molecule has 0 aliphatic heterocycles. The molecule has 26 heavy (non-hydrogen) atoms. The van der Waals surface area contributed by atoms with Gasteiger partial charge in [0.25, 0.3) is 5.91 Å². The highest BCUT2D eigenvalue weighted by Crippen LogP contribution is 2.26. The van der Waals surface area contributed by atoms with Crippen LogP contribution in [0.5, 0.6) is 0 Å². The zero-order valence-electron chi connectivity index (χ0n) is 13.8. The topological polar surface area (TPSA) is 63.4 Å². The van der Waals surface area contributed by atoms with E-state index in [1.807, 2.05) is 6.07 Å². The van der Waals surface area contributed by atoms with E-state index in [2.05, 4.69) is 0 Å². The zero-order valence-corrected chi connectivity index (χ0v) is 14.7. The number of amides is 2. The van der Waals surface area contributed by atoms with Gasteiger partial charge in [-0.2, -0.15) is 0 Å². The lowest BCUT2D eigenvalue weighted by molar-refractivity contribution is -0.122. The van der Waals surface area contributed by atoms with Crippen LogP contribution in [-0.2, 0) is 11.3 Å². The van der Waals surface area contributed by atoms with Crippen LogP contribution < -0.4 is 5.73 Å². The summed E-state index contributed by atoms with van der Waals surface area (Å²) in [5.74, 6) is -1.37. The molecule has 0 spiro atoms. The first-order chi connectivity index (χ1) is 12.6. The summed E-state index contributed by atoms with van der Waals surface area (Å²) in [5.41, 5.74) is 6.83. The predicted octanol–water partition coefficient (Wildman–Crippen LogP) is 3.76. The van der Waals surface area contributed by atoms with Gasteiger partial charge in [-0.1, -0.05) is 48.5 Å². The number of nitrogens with zero attached hydrogens (tertiary/aromatic N) is 1. The van der Waals surface area contributed by atoms with E-state index in [0.29, 0.717) is 16.0 Å². The Morgan fingerprint density at radius 1 is 1.04 bits per heavy atom. The first-order valence-electron chi connectivity index (χ1n) is 7.99. The smallest absolute Gasteiger partial charge is 0.265 e. The van der Waals surface area contributed by atoms with Crippen LogP contribution in [0.4, 0.5) is 4.39 Å². The van der Waals surface area contributed by atoms with Crippen molar-refractivity contribution in [2.45, 2.75) is 12.6 Å². The number of primary amides is 1. The Morgan fingerprint density at radius 3 is 2.42 bits per heavy atom. The van der Waals surface area contributed by atoms with Gasteiger partial charge in [-0.15, -0.1) is 11.3 Å². The number of benzene rings is 2. The predicted molar refractivity (Wildman–Crippen MR) is 99.0 cm³/mol. The molecule has 0 fully saturated rings. The second-order valence-electron chi connectivity index (χ2n) is 5.76. The first kappa shape index (κ1) is 17.8. The zero-order chi connectivity index (χ0) is 18.5. The van der Waals surface area contributed by atoms with E-state index in [-0.39, 0.29) is 12.5 Å². The third-order valence-electron chi connectivity index (χ3n) is 3.93. The third-order valence-corrected chi connectivity index (χ3v) is 4.79. The second kappa shape index (κ2) is 7.93. The van der Waals surface area contributed by atoms with Crippen molar-refractivity contribution in [1.82, 2.24) is 4.90 Å². The van der Waals surface area contributed by atoms with Crippen LogP contribution >= 0.6 is 11.3 Å². The molecule has 0 unspecified atom stereocenters. The Bertz CT molecular complexity index is 897. The molecule has 0 aliphatic rings. The number of carbonyl (C=O) groups excluding carboxylic acids is 2. The molecule has 2 aromatic carbocycles. The van der Waals surface area contributed by atoms with Crippen molar-refractivity contribution in [2.75, 3.05) is 0 Å². The number of halogens is 1. The second-order valence-corrected chi connectivity index (χ2v) is 6.70. The Morgan fingerprint density at radius 2 is 1.81 bits per heavy atom. The van der Waals surface area contributed by atoms with Crippen molar-refractivity contribution >= 4 is 23.2 Å². The molecule has 6 heteroatoms. The normalized spacial score (nSPS) is 11.7. The van der Waals surface area contributed by atoms with Gasteiger partial charge in [-0.05, 0) is 34.7 Å². The molecule has 2 amide bonds. The molecule has 1 aromatic heterocycles. The van der Waals surface area contributed by atoms with Crippen LogP contribution in [0.1, 0.15) is 26.8 Å². The van der Waals surface area contributed by atoms with E-state index < -0.39 is 17.8 Å². The van der Waals surface area contributed by atoms with Crippen LogP contribution in [0.25, 0.3) is 0 Å². The quantitative estimate of drug-likeness (QED) is 0.720. The summed E-state index contributed by atoms with van der Waals surface area (Å²) in [7, 11) is 0. The van der Waals surface area contributed by atoms with Gasteiger partial charge in [0.05, 0.1) is 4.88 Å². The first-order valence-corrected chi connectivity index (χ1v) is 8.87. The number of carbonyl (C=O) groups is 2. The van der Waals surface area contributed by atoms with Gasteiger partial charge in [0.15, 0.2) is 0 Å². The molecule has 1 heterocycles. The van der Waals surface area contributed by atoms with E-state index in [1.165, 1.54) is 28.4 Å². The van der Waals surface area contributed by atoms with Crippen LogP contribution in [-0.4, -0.2) is 16.7 Å². The molecular formula is C20H17FN2O2S. The van der Waals surface area contributed by atoms with Crippen LogP contribution in [0, 0.1) is 5.82 Å². The number of thiophene rings is 1. The highest BCUT2D eigenvalue weighted by atomic mass is 32.1. The molecule has 1 atom stereocenters. The molecule has 0 saturated carbocycles. The lowest BCUT2D eigenvalue weighted by Gasteiger charge is -2.30. The van der Waals surface area contributed by atoms with Crippen molar-refractivity contribution in [3.63, 3.8) is 0 Å². The van der Waals surface area contributed by atoms with Gasteiger partial charge in [-0.3, -0.25) is 9.59 Å². The molecule has 2 N–H and O–H groups in total. The maximum Gasteiger partial charge on any atom is 0.265 e. The van der Waals surface area contributed by atoms with Gasteiger partial charge >= 0.3 is 0 Å². The molecule has 0 aliphatic carbocycles. The minimum absolute atomic E-state index is 0.0665. The van der Waals surface area contributed by atoms with E-state index in [0.717, 1.165) is 0 Å². The summed E-state index contributed by atoms with van der Waals surface area (Å²) < 4.78 is 13.6. The van der Waals surface area contributed by atoms with E-state index in [9.17, 15) is 14.0 Å². The summed E-state index contributed by atoms with van der Waals surface area (Å²) >= 11 is 1.28. The standard InChI is InChI=1S/C20H17FN2O2S/c21-16-9-4-6-14(12-16)13-23(20(25)17-10-5-11-26-17)18(19(22)24)15-7-2-1-3-8-15/h1-12,18H,13H2,(H2,22,24)/t18-/m1/s1. The maximum absolute atomic E-state index is 13.6. The summed E-state index contributed by atoms with van der Waals surface area (Å²) in [6.45, 7) is 0.0665. The van der Waals surface area contributed by atoms with Crippen molar-refractivity contribution in [3.8, 4) is 0 Å². The fraction of sp³-hybridized carbons (Fsp3) is 0.100. The Balaban J connectivity index is 2.03. The van der Waals surface area contributed by atoms with Crippen molar-refractivity contribution < 1.29 is 14.0 Å². The van der Waals surface area contributed by atoms with Gasteiger partial charge in [0.2, 0.25) is 5.91 Å². The Labute approximate surface area is 154 Å². The van der Waals surface area contributed by atoms with Gasteiger partial charge in [-0.25, -0.2) is 4.39 Å². The average molecular weight is 368 g/mol. The Hall–Kier alpha value is -2.99. The minimum atomic E-state index is -0.950. The van der Waals surface area contributed by atoms with Crippen LogP contribution in [0.15, 0.2) is 72.1 Å². The largest absolute Gasteiger partial charge is 0.368 e. The van der Waals surface area contributed by atoms with Crippen molar-refractivity contribution in [2.24, 2.45) is 5.73 Å². The van der Waals surface area contributed by atoms with Crippen molar-refractivity contribution in [1.29, 1.82) is 0 Å². The number of hydrogen-bond acceptors (Lipinski definition) is 3. The minimum Gasteiger partial charge on any atom is -0.368 e. The van der Waals surface area contributed by atoms with Crippen LogP contribution in [0.2, 0.25) is 0 Å². The van der Waals surface area contributed by atoms with E-state index in [1.54, 1.807) is 53.9 Å². The summed E-state index contributed by atoms with van der Waals surface area (Å²) in [6, 6.07) is 17.3. The molecule has 3 rings (SSSR count). The third kappa shape index (κ3) is 3.97. The van der Waals surface area contributed by atoms with Gasteiger partial charge in [0.1, 0.15) is 11.9 Å². The highest BCUT2D eigenvalue weighted by Gasteiger charge is 2.31. The summed E-state index contributed by atoms with van der Waals surface area (Å²) in [4.78, 5) is 27.2. The van der Waals surface area contributed by atoms with E-state index in [4.69, 9.17) is 5.73 Å². The van der Waals surface area contributed by atoms with Crippen LogP contribution in [0.3, 0.4) is 0 Å². The lowest BCUT2D eigenvalue weighted by atomic mass is 10.0. The molecule has 132 valence electrons. The number of hydrogen-bond donors (Lipinski definition) is 1. The monoisotopic (exact) mass is 368 g/mol. The Kier molecular flexibility index (Phi) is 5.43. The SMILES string of the molecule is NC(=O)[C@@H](c1ccccc1)N(Cc1cccc(F)c1)C(=O)c1cccs1. The fourth-order valence-corrected chi connectivity index (χ4v) is 3.47. The summed E-state index contributed by atoms with van der Waals surface area (Å²) in [5, 5.41) is 1.79.